The predicted molar refractivity (Wildman–Crippen MR) is 109 cm³/mol. The zero-order chi connectivity index (χ0) is 18.9. The summed E-state index contributed by atoms with van der Waals surface area (Å²) in [4.78, 5) is 18.2. The van der Waals surface area contributed by atoms with Crippen molar-refractivity contribution < 1.29 is 9.90 Å². The smallest absolute Gasteiger partial charge is 0.407 e. The molecule has 6 heteroatoms. The summed E-state index contributed by atoms with van der Waals surface area (Å²) in [5.74, 6) is 0. The van der Waals surface area contributed by atoms with Gasteiger partial charge in [0, 0.05) is 49.4 Å². The molecule has 26 heavy (non-hydrogen) atoms. The van der Waals surface area contributed by atoms with E-state index in [-0.39, 0.29) is 11.5 Å². The number of carboxylic acid groups (broad SMARTS) is 1. The number of halogens is 1. The van der Waals surface area contributed by atoms with Crippen molar-refractivity contribution in [2.24, 2.45) is 5.41 Å². The van der Waals surface area contributed by atoms with Gasteiger partial charge in [-0.3, -0.25) is 4.90 Å². The van der Waals surface area contributed by atoms with E-state index >= 15 is 0 Å². The van der Waals surface area contributed by atoms with E-state index in [1.54, 1.807) is 4.90 Å². The van der Waals surface area contributed by atoms with Crippen LogP contribution in [0.15, 0.2) is 22.7 Å². The second-order valence-corrected chi connectivity index (χ2v) is 9.48. The standard InChI is InChI=1S/C20H30BrN3O2/c1-20(2,3)18-14-22(10-11-24(18)19(25)26)13-15-6-7-16(21)12-17(15)23-8-4-5-9-23/h6-7,12,18H,4-5,8-11,13-14H2,1-3H3,(H,25,26). The summed E-state index contributed by atoms with van der Waals surface area (Å²) in [6.45, 7) is 11.7. The van der Waals surface area contributed by atoms with Crippen LogP contribution in [0.2, 0.25) is 0 Å². The van der Waals surface area contributed by atoms with Gasteiger partial charge in [0.1, 0.15) is 0 Å². The van der Waals surface area contributed by atoms with Gasteiger partial charge in [-0.15, -0.1) is 0 Å². The van der Waals surface area contributed by atoms with Crippen LogP contribution in [0.3, 0.4) is 0 Å². The lowest BCUT2D eigenvalue weighted by molar-refractivity contribution is 0.0190. The van der Waals surface area contributed by atoms with Crippen LogP contribution in [-0.2, 0) is 6.54 Å². The summed E-state index contributed by atoms with van der Waals surface area (Å²) >= 11 is 3.62. The summed E-state index contributed by atoms with van der Waals surface area (Å²) < 4.78 is 1.12. The van der Waals surface area contributed by atoms with Crippen molar-refractivity contribution in [3.05, 3.63) is 28.2 Å². The molecule has 1 aromatic rings. The van der Waals surface area contributed by atoms with E-state index in [1.807, 2.05) is 0 Å². The molecule has 144 valence electrons. The maximum atomic E-state index is 11.6. The number of hydrogen-bond donors (Lipinski definition) is 1. The van der Waals surface area contributed by atoms with Crippen LogP contribution >= 0.6 is 15.9 Å². The third-order valence-corrected chi connectivity index (χ3v) is 6.09. The molecule has 0 radical (unpaired) electrons. The van der Waals surface area contributed by atoms with E-state index in [0.717, 1.165) is 37.2 Å². The van der Waals surface area contributed by atoms with Crippen LogP contribution in [0.1, 0.15) is 39.2 Å². The van der Waals surface area contributed by atoms with Crippen molar-refractivity contribution in [2.75, 3.05) is 37.6 Å². The van der Waals surface area contributed by atoms with E-state index in [0.29, 0.717) is 6.54 Å². The summed E-state index contributed by atoms with van der Waals surface area (Å²) in [5.41, 5.74) is 2.59. The van der Waals surface area contributed by atoms with Gasteiger partial charge in [-0.2, -0.15) is 0 Å². The van der Waals surface area contributed by atoms with Crippen molar-refractivity contribution in [3.63, 3.8) is 0 Å². The predicted octanol–water partition coefficient (Wildman–Crippen LogP) is 4.26. The number of benzene rings is 1. The Balaban J connectivity index is 1.78. The lowest BCUT2D eigenvalue weighted by atomic mass is 9.84. The highest BCUT2D eigenvalue weighted by molar-refractivity contribution is 9.10. The Hall–Kier alpha value is -1.27. The minimum atomic E-state index is -0.800. The molecule has 1 aromatic carbocycles. The summed E-state index contributed by atoms with van der Waals surface area (Å²) in [6, 6.07) is 6.58. The Bertz CT molecular complexity index is 653. The molecule has 1 N–H and O–H groups in total. The first-order valence-corrected chi connectivity index (χ1v) is 10.3. The Labute approximate surface area is 165 Å². The molecule has 2 heterocycles. The third-order valence-electron chi connectivity index (χ3n) is 5.60. The average Bonchev–Trinajstić information content (AvgIpc) is 3.10. The number of piperazine rings is 1. The highest BCUT2D eigenvalue weighted by atomic mass is 79.9. The lowest BCUT2D eigenvalue weighted by Gasteiger charge is -2.46. The summed E-state index contributed by atoms with van der Waals surface area (Å²) in [5, 5.41) is 9.56. The number of hydrogen-bond acceptors (Lipinski definition) is 3. The van der Waals surface area contributed by atoms with Crippen molar-refractivity contribution in [1.82, 2.24) is 9.80 Å². The van der Waals surface area contributed by atoms with E-state index in [4.69, 9.17) is 0 Å². The molecule has 0 aliphatic carbocycles. The van der Waals surface area contributed by atoms with Crippen LogP contribution < -0.4 is 4.90 Å². The third kappa shape index (κ3) is 4.34. The average molecular weight is 424 g/mol. The topological polar surface area (TPSA) is 47.0 Å². The molecule has 5 nitrogen and oxygen atoms in total. The quantitative estimate of drug-likeness (QED) is 0.788. The number of carbonyl (C=O) groups is 1. The van der Waals surface area contributed by atoms with Gasteiger partial charge in [0.05, 0.1) is 6.04 Å². The Kier molecular flexibility index (Phi) is 5.82. The first-order chi connectivity index (χ1) is 12.3. The number of nitrogens with zero attached hydrogens (tertiary/aromatic N) is 3. The number of rotatable bonds is 3. The first-order valence-electron chi connectivity index (χ1n) is 9.51. The van der Waals surface area contributed by atoms with E-state index in [2.05, 4.69) is 64.7 Å². The zero-order valence-electron chi connectivity index (χ0n) is 16.0. The first kappa shape index (κ1) is 19.5. The van der Waals surface area contributed by atoms with Crippen molar-refractivity contribution >= 4 is 27.7 Å². The van der Waals surface area contributed by atoms with Crippen LogP contribution in [0.25, 0.3) is 0 Å². The van der Waals surface area contributed by atoms with Crippen LogP contribution in [0.4, 0.5) is 10.5 Å². The van der Waals surface area contributed by atoms with E-state index < -0.39 is 6.09 Å². The molecule has 3 rings (SSSR count). The van der Waals surface area contributed by atoms with Gasteiger partial charge in [-0.1, -0.05) is 42.8 Å². The monoisotopic (exact) mass is 423 g/mol. The fourth-order valence-corrected chi connectivity index (χ4v) is 4.47. The second-order valence-electron chi connectivity index (χ2n) is 8.56. The summed E-state index contributed by atoms with van der Waals surface area (Å²) in [7, 11) is 0. The molecule has 1 unspecified atom stereocenters. The molecule has 0 bridgehead atoms. The number of amides is 1. The van der Waals surface area contributed by atoms with Gasteiger partial charge in [0.15, 0.2) is 0 Å². The van der Waals surface area contributed by atoms with E-state index in [1.165, 1.54) is 24.1 Å². The molecule has 0 spiro atoms. The second kappa shape index (κ2) is 7.77. The van der Waals surface area contributed by atoms with Gasteiger partial charge in [-0.25, -0.2) is 4.79 Å². The Morgan fingerprint density at radius 3 is 2.50 bits per heavy atom. The van der Waals surface area contributed by atoms with Gasteiger partial charge in [0.2, 0.25) is 0 Å². The van der Waals surface area contributed by atoms with Crippen molar-refractivity contribution in [3.8, 4) is 0 Å². The van der Waals surface area contributed by atoms with Crippen molar-refractivity contribution in [1.29, 1.82) is 0 Å². The largest absolute Gasteiger partial charge is 0.465 e. The fourth-order valence-electron chi connectivity index (χ4n) is 4.12. The Morgan fingerprint density at radius 2 is 1.88 bits per heavy atom. The maximum absolute atomic E-state index is 11.6. The molecule has 2 aliphatic rings. The molecule has 1 amide bonds. The minimum absolute atomic E-state index is 0.0134. The van der Waals surface area contributed by atoms with Crippen LogP contribution in [-0.4, -0.2) is 59.8 Å². The number of anilines is 1. The highest BCUT2D eigenvalue weighted by Crippen LogP contribution is 2.32. The molecular weight excluding hydrogens is 394 g/mol. The lowest BCUT2D eigenvalue weighted by Crippen LogP contribution is -2.59. The van der Waals surface area contributed by atoms with E-state index in [9.17, 15) is 9.90 Å². The van der Waals surface area contributed by atoms with Gasteiger partial charge in [-0.05, 0) is 36.0 Å². The minimum Gasteiger partial charge on any atom is -0.465 e. The molecule has 1 atom stereocenters. The molecule has 0 saturated carbocycles. The van der Waals surface area contributed by atoms with Gasteiger partial charge in [0.25, 0.3) is 0 Å². The fraction of sp³-hybridized carbons (Fsp3) is 0.650. The maximum Gasteiger partial charge on any atom is 0.407 e. The molecule has 2 aliphatic heterocycles. The van der Waals surface area contributed by atoms with Gasteiger partial charge < -0.3 is 14.9 Å². The van der Waals surface area contributed by atoms with Crippen molar-refractivity contribution in [2.45, 2.75) is 46.2 Å². The van der Waals surface area contributed by atoms with Gasteiger partial charge >= 0.3 is 6.09 Å². The molecule has 2 saturated heterocycles. The normalized spacial score (nSPS) is 22.1. The molecule has 0 aromatic heterocycles. The SMILES string of the molecule is CC(C)(C)C1CN(Cc2ccc(Br)cc2N2CCCC2)CCN1C(=O)O. The van der Waals surface area contributed by atoms with Crippen LogP contribution in [0.5, 0.6) is 0 Å². The zero-order valence-corrected chi connectivity index (χ0v) is 17.6. The summed E-state index contributed by atoms with van der Waals surface area (Å²) in [6.07, 6.45) is 1.72. The highest BCUT2D eigenvalue weighted by Gasteiger charge is 2.38. The van der Waals surface area contributed by atoms with Crippen LogP contribution in [0, 0.1) is 5.41 Å². The molecule has 2 fully saturated rings. The Morgan fingerprint density at radius 1 is 1.19 bits per heavy atom. The molecular formula is C20H30BrN3O2.